The first-order valence-corrected chi connectivity index (χ1v) is 12.7. The lowest BCUT2D eigenvalue weighted by molar-refractivity contribution is -0.129. The summed E-state index contributed by atoms with van der Waals surface area (Å²) < 4.78 is 19.7. The van der Waals surface area contributed by atoms with Crippen molar-refractivity contribution in [1.82, 2.24) is 0 Å². The maximum atomic E-state index is 10.5. The Morgan fingerprint density at radius 2 is 1.31 bits per heavy atom. The van der Waals surface area contributed by atoms with Gasteiger partial charge in [-0.3, -0.25) is 4.52 Å². The Balaban J connectivity index is 3.37. The summed E-state index contributed by atoms with van der Waals surface area (Å²) in [6, 6.07) is 0. The van der Waals surface area contributed by atoms with E-state index >= 15 is 0 Å². The molecule has 0 heterocycles. The second kappa shape index (κ2) is 19.7. The number of allylic oxidation sites excluding steroid dienone is 2. The smallest absolute Gasteiger partial charge is 0.388 e. The van der Waals surface area contributed by atoms with Gasteiger partial charge in [-0.15, -0.1) is 0 Å². The molecule has 29 heavy (non-hydrogen) atoms. The van der Waals surface area contributed by atoms with E-state index < -0.39 is 26.8 Å². The lowest BCUT2D eigenvalue weighted by Gasteiger charge is -2.15. The molecule has 0 amide bonds. The molecule has 0 saturated heterocycles. The van der Waals surface area contributed by atoms with Crippen LogP contribution in [0.25, 0.3) is 0 Å². The van der Waals surface area contributed by atoms with Gasteiger partial charge in [-0.1, -0.05) is 70.4 Å². The molecule has 0 radical (unpaired) electrons. The predicted molar refractivity (Wildman–Crippen MR) is 115 cm³/mol. The van der Waals surface area contributed by atoms with Gasteiger partial charge in [0, 0.05) is 0 Å². The molecule has 1 unspecified atom stereocenters. The first-order valence-electron chi connectivity index (χ1n) is 11.2. The predicted octanol–water partition coefficient (Wildman–Crippen LogP) is 4.83. The van der Waals surface area contributed by atoms with E-state index in [0.717, 1.165) is 25.7 Å². The molecule has 0 aliphatic carbocycles. The third kappa shape index (κ3) is 23.9. The van der Waals surface area contributed by atoms with Gasteiger partial charge >= 0.3 is 7.82 Å². The quantitative estimate of drug-likeness (QED) is 0.0878. The molecule has 2 atom stereocenters. The second-order valence-electron chi connectivity index (χ2n) is 7.60. The van der Waals surface area contributed by atoms with Crippen LogP contribution < -0.4 is 0 Å². The summed E-state index contributed by atoms with van der Waals surface area (Å²) in [5.41, 5.74) is 0. The van der Waals surface area contributed by atoms with Crippen LogP contribution in [0.1, 0.15) is 96.8 Å². The lowest BCUT2D eigenvalue weighted by atomic mass is 10.1. The van der Waals surface area contributed by atoms with Crippen molar-refractivity contribution >= 4 is 7.82 Å². The molecule has 8 heteroatoms. The van der Waals surface area contributed by atoms with Crippen LogP contribution in [0.2, 0.25) is 0 Å². The van der Waals surface area contributed by atoms with Crippen molar-refractivity contribution in [3.63, 3.8) is 0 Å². The van der Waals surface area contributed by atoms with E-state index in [-0.39, 0.29) is 6.61 Å². The van der Waals surface area contributed by atoms with Crippen molar-refractivity contribution < 1.29 is 33.8 Å². The monoisotopic (exact) mass is 438 g/mol. The summed E-state index contributed by atoms with van der Waals surface area (Å²) in [7, 11) is -4.60. The van der Waals surface area contributed by atoms with Gasteiger partial charge in [0.15, 0.2) is 6.29 Å². The van der Waals surface area contributed by atoms with Gasteiger partial charge in [0.05, 0.1) is 13.2 Å². The summed E-state index contributed by atoms with van der Waals surface area (Å²) in [4.78, 5) is 17.1. The molecule has 0 aromatic rings. The fraction of sp³-hybridized carbons (Fsp3) is 0.905. The van der Waals surface area contributed by atoms with E-state index in [1.165, 1.54) is 57.8 Å². The standard InChI is InChI=1S/C21H43O7P/c1-2-3-4-5-6-7-8-9-10-11-12-13-14-15-16-17-21(23)27-18-20(22)19-28-29(24,25)26/h9-10,20-23H,2-8,11-19H2,1H3,(H2,24,25,26)/t20?,21-/m0/s1. The van der Waals surface area contributed by atoms with E-state index in [2.05, 4.69) is 23.6 Å². The van der Waals surface area contributed by atoms with Crippen molar-refractivity contribution in [3.05, 3.63) is 12.2 Å². The van der Waals surface area contributed by atoms with E-state index in [0.29, 0.717) is 6.42 Å². The fourth-order valence-electron chi connectivity index (χ4n) is 2.93. The first kappa shape index (κ1) is 28.7. The third-order valence-electron chi connectivity index (χ3n) is 4.63. The number of hydrogen-bond acceptors (Lipinski definition) is 5. The van der Waals surface area contributed by atoms with Gasteiger partial charge in [-0.25, -0.2) is 4.57 Å². The summed E-state index contributed by atoms with van der Waals surface area (Å²) in [5.74, 6) is 0. The van der Waals surface area contributed by atoms with Crippen molar-refractivity contribution in [2.24, 2.45) is 0 Å². The molecular weight excluding hydrogens is 395 g/mol. The highest BCUT2D eigenvalue weighted by Crippen LogP contribution is 2.35. The van der Waals surface area contributed by atoms with Crippen LogP contribution in [0.15, 0.2) is 12.2 Å². The number of aliphatic hydroxyl groups excluding tert-OH is 2. The molecule has 0 aromatic carbocycles. The Morgan fingerprint density at radius 1 is 0.793 bits per heavy atom. The Bertz CT molecular complexity index is 425. The number of rotatable bonds is 21. The van der Waals surface area contributed by atoms with Crippen LogP contribution >= 0.6 is 7.82 Å². The molecule has 0 bridgehead atoms. The van der Waals surface area contributed by atoms with Crippen molar-refractivity contribution in [2.45, 2.75) is 109 Å². The van der Waals surface area contributed by atoms with Gasteiger partial charge < -0.3 is 24.7 Å². The third-order valence-corrected chi connectivity index (χ3v) is 5.11. The molecule has 0 aliphatic rings. The second-order valence-corrected chi connectivity index (χ2v) is 8.84. The van der Waals surface area contributed by atoms with Crippen molar-refractivity contribution in [1.29, 1.82) is 0 Å². The maximum Gasteiger partial charge on any atom is 0.469 e. The minimum Gasteiger partial charge on any atom is -0.388 e. The topological polar surface area (TPSA) is 116 Å². The molecule has 0 aromatic heterocycles. The van der Waals surface area contributed by atoms with E-state index in [1.807, 2.05) is 0 Å². The van der Waals surface area contributed by atoms with Crippen LogP contribution in [0.5, 0.6) is 0 Å². The van der Waals surface area contributed by atoms with Crippen LogP contribution in [0.3, 0.4) is 0 Å². The largest absolute Gasteiger partial charge is 0.469 e. The van der Waals surface area contributed by atoms with E-state index in [1.54, 1.807) is 0 Å². The average molecular weight is 439 g/mol. The number of phosphoric ester groups is 1. The summed E-state index contributed by atoms with van der Waals surface area (Å²) in [6.07, 6.45) is 18.7. The highest BCUT2D eigenvalue weighted by molar-refractivity contribution is 7.46. The molecule has 0 aliphatic heterocycles. The van der Waals surface area contributed by atoms with Gasteiger partial charge in [-0.2, -0.15) is 0 Å². The molecule has 0 spiro atoms. The van der Waals surface area contributed by atoms with Crippen LogP contribution in [0, 0.1) is 0 Å². The lowest BCUT2D eigenvalue weighted by Crippen LogP contribution is -2.25. The highest BCUT2D eigenvalue weighted by Gasteiger charge is 2.17. The summed E-state index contributed by atoms with van der Waals surface area (Å²) >= 11 is 0. The van der Waals surface area contributed by atoms with Crippen molar-refractivity contribution in [2.75, 3.05) is 13.2 Å². The summed E-state index contributed by atoms with van der Waals surface area (Å²) in [6.45, 7) is 1.48. The Labute approximate surface area is 176 Å². The van der Waals surface area contributed by atoms with Gasteiger partial charge in [0.2, 0.25) is 0 Å². The van der Waals surface area contributed by atoms with Gasteiger partial charge in [-0.05, 0) is 38.5 Å². The molecule has 0 rings (SSSR count). The Morgan fingerprint density at radius 3 is 1.86 bits per heavy atom. The number of unbranched alkanes of at least 4 members (excludes halogenated alkanes) is 11. The number of ether oxygens (including phenoxy) is 1. The SMILES string of the molecule is CCCCCCCCC=CCCCCCCC[C@@H](O)OCC(O)COP(=O)(O)O. The van der Waals surface area contributed by atoms with Crippen LogP contribution in [0.4, 0.5) is 0 Å². The van der Waals surface area contributed by atoms with Gasteiger partial charge in [0.1, 0.15) is 6.10 Å². The average Bonchev–Trinajstić information content (AvgIpc) is 2.67. The van der Waals surface area contributed by atoms with E-state index in [4.69, 9.17) is 14.5 Å². The normalized spacial score (nSPS) is 14.5. The highest BCUT2D eigenvalue weighted by atomic mass is 31.2. The molecule has 0 saturated carbocycles. The zero-order valence-electron chi connectivity index (χ0n) is 18.1. The summed E-state index contributed by atoms with van der Waals surface area (Å²) in [5, 5.41) is 19.1. The number of hydrogen-bond donors (Lipinski definition) is 4. The molecular formula is C21H43O7P. The Kier molecular flexibility index (Phi) is 19.5. The molecule has 0 fully saturated rings. The van der Waals surface area contributed by atoms with Crippen molar-refractivity contribution in [3.8, 4) is 0 Å². The van der Waals surface area contributed by atoms with Crippen LogP contribution in [-0.2, 0) is 13.8 Å². The zero-order valence-corrected chi connectivity index (χ0v) is 19.0. The first-order chi connectivity index (χ1) is 13.8. The number of aliphatic hydroxyl groups is 2. The molecule has 174 valence electrons. The number of phosphoric acid groups is 1. The maximum absolute atomic E-state index is 10.5. The van der Waals surface area contributed by atoms with Gasteiger partial charge in [0.25, 0.3) is 0 Å². The van der Waals surface area contributed by atoms with E-state index in [9.17, 15) is 14.8 Å². The molecule has 7 nitrogen and oxygen atoms in total. The van der Waals surface area contributed by atoms with Crippen LogP contribution in [-0.4, -0.2) is 45.6 Å². The molecule has 4 N–H and O–H groups in total. The minimum atomic E-state index is -4.60. The zero-order chi connectivity index (χ0) is 21.8. The minimum absolute atomic E-state index is 0.230. The fourth-order valence-corrected chi connectivity index (χ4v) is 3.29. The Hall–Kier alpha value is -0.270.